The van der Waals surface area contributed by atoms with E-state index in [-0.39, 0.29) is 23.4 Å². The minimum absolute atomic E-state index is 0.0951. The van der Waals surface area contributed by atoms with Crippen LogP contribution in [0.5, 0.6) is 0 Å². The summed E-state index contributed by atoms with van der Waals surface area (Å²) in [6, 6.07) is 19.5. The number of carboxylic acids is 1. The van der Waals surface area contributed by atoms with Gasteiger partial charge in [0.1, 0.15) is 23.7 Å². The Kier molecular flexibility index (Phi) is 10.7. The number of ketones is 1. The zero-order chi connectivity index (χ0) is 34.6. The van der Waals surface area contributed by atoms with Gasteiger partial charge in [-0.3, -0.25) is 19.0 Å². The first kappa shape index (κ1) is 35.1. The Morgan fingerprint density at radius 3 is 2.11 bits per heavy atom. The SMILES string of the molecule is CC(=O)Nc1c(C(C)=O)c(=O)n(Cc2cccc[nH+]2)c2nc(-c3ccc(Cl)cc3Cl)c(-c3ccc(Cl)cc3)cc12.O=C([O-])C(F)(F)F. The lowest BCUT2D eigenvalue weighted by atomic mass is 9.96. The van der Waals surface area contributed by atoms with E-state index in [0.29, 0.717) is 43.0 Å². The van der Waals surface area contributed by atoms with Crippen molar-refractivity contribution in [3.8, 4) is 22.4 Å². The number of nitrogens with one attached hydrogen (secondary N) is 2. The Hall–Kier alpha value is -4.78. The second-order valence-corrected chi connectivity index (χ2v) is 11.2. The molecule has 3 aromatic heterocycles. The third kappa shape index (κ3) is 8.15. The summed E-state index contributed by atoms with van der Waals surface area (Å²) < 4.78 is 33.0. The van der Waals surface area contributed by atoms with Crippen LogP contribution in [-0.2, 0) is 16.1 Å². The number of aromatic amines is 1. The van der Waals surface area contributed by atoms with E-state index in [2.05, 4.69) is 10.3 Å². The predicted octanol–water partition coefficient (Wildman–Crippen LogP) is 6.01. The molecule has 15 heteroatoms. The third-order valence-corrected chi connectivity index (χ3v) is 7.36. The Morgan fingerprint density at radius 2 is 1.57 bits per heavy atom. The zero-order valence-electron chi connectivity index (χ0n) is 24.3. The fourth-order valence-electron chi connectivity index (χ4n) is 4.58. The largest absolute Gasteiger partial charge is 0.542 e. The molecule has 242 valence electrons. The summed E-state index contributed by atoms with van der Waals surface area (Å²) >= 11 is 19.0. The molecule has 5 aromatic rings. The lowest BCUT2D eigenvalue weighted by molar-refractivity contribution is -0.390. The van der Waals surface area contributed by atoms with Gasteiger partial charge in [-0.1, -0.05) is 53.0 Å². The highest BCUT2D eigenvalue weighted by atomic mass is 35.5. The van der Waals surface area contributed by atoms with Gasteiger partial charge in [0.2, 0.25) is 5.91 Å². The Balaban J connectivity index is 0.000000644. The molecular formula is C32H22Cl3F3N4O5. The smallest absolute Gasteiger partial charge is 0.430 e. The first-order valence-electron chi connectivity index (χ1n) is 13.4. The summed E-state index contributed by atoms with van der Waals surface area (Å²) in [4.78, 5) is 55.9. The monoisotopic (exact) mass is 704 g/mol. The van der Waals surface area contributed by atoms with E-state index < -0.39 is 29.4 Å². The number of fused-ring (bicyclic) bond motifs is 1. The highest BCUT2D eigenvalue weighted by Crippen LogP contribution is 2.40. The highest BCUT2D eigenvalue weighted by molar-refractivity contribution is 6.36. The van der Waals surface area contributed by atoms with Crippen LogP contribution in [0.3, 0.4) is 0 Å². The average molecular weight is 706 g/mol. The molecule has 47 heavy (non-hydrogen) atoms. The number of carbonyl (C=O) groups is 3. The molecule has 0 aliphatic carbocycles. The zero-order valence-corrected chi connectivity index (χ0v) is 26.6. The van der Waals surface area contributed by atoms with Crippen molar-refractivity contribution in [1.29, 1.82) is 0 Å². The lowest BCUT2D eigenvalue weighted by Crippen LogP contribution is -2.37. The van der Waals surface area contributed by atoms with E-state index in [9.17, 15) is 27.6 Å². The van der Waals surface area contributed by atoms with Gasteiger partial charge >= 0.3 is 6.18 Å². The summed E-state index contributed by atoms with van der Waals surface area (Å²) in [5, 5.41) is 13.3. The second-order valence-electron chi connectivity index (χ2n) is 9.94. The number of carbonyl (C=O) groups excluding carboxylic acids is 3. The van der Waals surface area contributed by atoms with Crippen molar-refractivity contribution in [2.45, 2.75) is 26.6 Å². The number of halogens is 6. The molecule has 0 spiro atoms. The molecule has 5 rings (SSSR count). The number of H-pyrrole nitrogens is 1. The van der Waals surface area contributed by atoms with Gasteiger partial charge in [-0.2, -0.15) is 13.2 Å². The molecule has 0 aliphatic heterocycles. The lowest BCUT2D eigenvalue weighted by Gasteiger charge is -2.19. The van der Waals surface area contributed by atoms with Crippen LogP contribution in [0.15, 0.2) is 77.7 Å². The van der Waals surface area contributed by atoms with Gasteiger partial charge in [0.05, 0.1) is 16.4 Å². The molecular weight excluding hydrogens is 684 g/mol. The van der Waals surface area contributed by atoms with Gasteiger partial charge in [0.15, 0.2) is 17.7 Å². The molecule has 3 heterocycles. The van der Waals surface area contributed by atoms with E-state index in [1.54, 1.807) is 42.6 Å². The van der Waals surface area contributed by atoms with Crippen molar-refractivity contribution < 1.29 is 37.6 Å². The van der Waals surface area contributed by atoms with Crippen LogP contribution in [0.4, 0.5) is 18.9 Å². The molecule has 0 unspecified atom stereocenters. The first-order chi connectivity index (χ1) is 22.1. The maximum atomic E-state index is 13.9. The van der Waals surface area contributed by atoms with Gasteiger partial charge in [-0.25, -0.2) is 9.97 Å². The number of pyridine rings is 3. The number of hydrogen-bond donors (Lipinski definition) is 1. The highest BCUT2D eigenvalue weighted by Gasteiger charge is 2.29. The van der Waals surface area contributed by atoms with Gasteiger partial charge in [-0.05, 0) is 48.9 Å². The number of aromatic nitrogens is 3. The first-order valence-corrected chi connectivity index (χ1v) is 14.6. The van der Waals surface area contributed by atoms with Crippen molar-refractivity contribution in [2.24, 2.45) is 0 Å². The fourth-order valence-corrected chi connectivity index (χ4v) is 5.20. The molecule has 0 atom stereocenters. The number of Topliss-reactive ketones (excluding diaryl/α,β-unsaturated/α-hetero) is 1. The molecule has 0 aliphatic rings. The number of benzene rings is 2. The Morgan fingerprint density at radius 1 is 0.936 bits per heavy atom. The van der Waals surface area contributed by atoms with Crippen molar-refractivity contribution in [2.75, 3.05) is 5.32 Å². The summed E-state index contributed by atoms with van der Waals surface area (Å²) in [7, 11) is 0. The van der Waals surface area contributed by atoms with Crippen molar-refractivity contribution in [3.05, 3.63) is 110 Å². The van der Waals surface area contributed by atoms with Crippen molar-refractivity contribution in [3.63, 3.8) is 0 Å². The van der Waals surface area contributed by atoms with Crippen LogP contribution in [0.1, 0.15) is 29.9 Å². The van der Waals surface area contributed by atoms with E-state index in [1.807, 2.05) is 30.3 Å². The molecule has 0 bridgehead atoms. The van der Waals surface area contributed by atoms with Gasteiger partial charge in [0, 0.05) is 45.6 Å². The fraction of sp³-hybridized carbons (Fsp3) is 0.125. The van der Waals surface area contributed by atoms with Crippen LogP contribution in [0, 0.1) is 0 Å². The molecule has 0 radical (unpaired) electrons. The number of anilines is 1. The summed E-state index contributed by atoms with van der Waals surface area (Å²) in [6.07, 6.45) is -3.45. The van der Waals surface area contributed by atoms with Crippen molar-refractivity contribution >= 4 is 69.2 Å². The number of amides is 1. The van der Waals surface area contributed by atoms with Crippen molar-refractivity contribution in [1.82, 2.24) is 9.55 Å². The predicted molar refractivity (Wildman–Crippen MR) is 169 cm³/mol. The van der Waals surface area contributed by atoms with E-state index in [1.165, 1.54) is 18.4 Å². The quantitative estimate of drug-likeness (QED) is 0.215. The van der Waals surface area contributed by atoms with Gasteiger partial charge in [-0.15, -0.1) is 0 Å². The number of aliphatic carboxylic acids is 1. The molecule has 0 fully saturated rings. The normalized spacial score (nSPS) is 11.1. The molecule has 0 saturated carbocycles. The Bertz CT molecular complexity index is 2070. The van der Waals surface area contributed by atoms with Gasteiger partial charge < -0.3 is 15.2 Å². The number of alkyl halides is 3. The molecule has 9 nitrogen and oxygen atoms in total. The standard InChI is InChI=1S/C30H21Cl3N4O3.C2HF3O2/c1-16(38)26-28(35-17(2)39)24-14-23(18-6-8-19(31)9-7-18)27(22-11-10-20(32)13-25(22)33)36-29(24)37(30(26)40)15-21-5-3-4-12-34-21;3-2(4,5)1(6)7/h3-14H,15H2,1-2H3,(H,35,39);(H,6,7). The number of carboxylic acid groups (broad SMARTS) is 1. The maximum Gasteiger partial charge on any atom is 0.430 e. The summed E-state index contributed by atoms with van der Waals surface area (Å²) in [5.41, 5.74) is 2.81. The molecule has 0 saturated heterocycles. The number of nitrogens with zero attached hydrogens (tertiary/aromatic N) is 2. The third-order valence-electron chi connectivity index (χ3n) is 6.56. The van der Waals surface area contributed by atoms with E-state index >= 15 is 0 Å². The molecule has 2 N–H and O–H groups in total. The molecule has 2 aromatic carbocycles. The van der Waals surface area contributed by atoms with Crippen LogP contribution in [0.25, 0.3) is 33.4 Å². The molecule has 1 amide bonds. The topological polar surface area (TPSA) is 135 Å². The van der Waals surface area contributed by atoms with Gasteiger partial charge in [0.25, 0.3) is 5.56 Å². The van der Waals surface area contributed by atoms with Crippen LogP contribution >= 0.6 is 34.8 Å². The minimum atomic E-state index is -5.19. The number of hydrogen-bond acceptors (Lipinski definition) is 6. The minimum Gasteiger partial charge on any atom is -0.542 e. The number of rotatable bonds is 6. The van der Waals surface area contributed by atoms with E-state index in [0.717, 1.165) is 5.56 Å². The van der Waals surface area contributed by atoms with Crippen LogP contribution < -0.4 is 21.0 Å². The Labute approximate surface area is 279 Å². The van der Waals surface area contributed by atoms with Crippen LogP contribution in [-0.4, -0.2) is 33.4 Å². The maximum absolute atomic E-state index is 13.9. The average Bonchev–Trinajstić information content (AvgIpc) is 2.99. The van der Waals surface area contributed by atoms with Crippen LogP contribution in [0.2, 0.25) is 15.1 Å². The summed E-state index contributed by atoms with van der Waals surface area (Å²) in [6.45, 7) is 2.70. The summed E-state index contributed by atoms with van der Waals surface area (Å²) in [5.74, 6) is -3.93. The van der Waals surface area contributed by atoms with E-state index in [4.69, 9.17) is 49.7 Å². The second kappa shape index (κ2) is 14.3.